The predicted molar refractivity (Wildman–Crippen MR) is 123 cm³/mol. The fourth-order valence-electron chi connectivity index (χ4n) is 3.10. The number of rotatable bonds is 10. The first-order valence-corrected chi connectivity index (χ1v) is 11.6. The van der Waals surface area contributed by atoms with Crippen molar-refractivity contribution in [2.75, 3.05) is 17.7 Å². The van der Waals surface area contributed by atoms with Crippen molar-refractivity contribution in [3.8, 4) is 11.5 Å². The SMILES string of the molecule is CCOc1cc(C)ccc1OCc1nnc(SCC(=O)Nc2cccc(C(F)(F)F)c2)n1CC. The van der Waals surface area contributed by atoms with Crippen LogP contribution in [0.2, 0.25) is 0 Å². The first-order valence-electron chi connectivity index (χ1n) is 10.6. The highest BCUT2D eigenvalue weighted by molar-refractivity contribution is 7.99. The van der Waals surface area contributed by atoms with E-state index in [4.69, 9.17) is 9.47 Å². The van der Waals surface area contributed by atoms with Crippen molar-refractivity contribution in [2.24, 2.45) is 0 Å². The Bertz CT molecular complexity index is 1130. The number of hydrogen-bond acceptors (Lipinski definition) is 6. The third-order valence-electron chi connectivity index (χ3n) is 4.67. The lowest BCUT2D eigenvalue weighted by Gasteiger charge is -2.13. The van der Waals surface area contributed by atoms with Gasteiger partial charge in [0.05, 0.1) is 17.9 Å². The molecule has 1 amide bonds. The van der Waals surface area contributed by atoms with Crippen LogP contribution in [0.4, 0.5) is 18.9 Å². The number of aromatic nitrogens is 3. The molecular weight excluding hydrogens is 469 g/mol. The number of anilines is 1. The van der Waals surface area contributed by atoms with Gasteiger partial charge in [-0.3, -0.25) is 4.79 Å². The van der Waals surface area contributed by atoms with Crippen LogP contribution in [0.25, 0.3) is 0 Å². The van der Waals surface area contributed by atoms with Crippen LogP contribution in [0.15, 0.2) is 47.6 Å². The zero-order valence-corrected chi connectivity index (χ0v) is 19.8. The molecule has 1 heterocycles. The molecule has 0 fully saturated rings. The molecular formula is C23H25F3N4O3S. The van der Waals surface area contributed by atoms with Gasteiger partial charge in [-0.25, -0.2) is 0 Å². The van der Waals surface area contributed by atoms with E-state index in [-0.39, 0.29) is 18.0 Å². The Morgan fingerprint density at radius 2 is 1.88 bits per heavy atom. The number of benzene rings is 2. The van der Waals surface area contributed by atoms with E-state index in [1.54, 1.807) is 0 Å². The molecule has 0 saturated carbocycles. The number of nitrogens with zero attached hydrogens (tertiary/aromatic N) is 3. The van der Waals surface area contributed by atoms with Gasteiger partial charge in [-0.15, -0.1) is 10.2 Å². The summed E-state index contributed by atoms with van der Waals surface area (Å²) in [5.74, 6) is 1.32. The van der Waals surface area contributed by atoms with Crippen molar-refractivity contribution in [1.29, 1.82) is 0 Å². The van der Waals surface area contributed by atoms with Gasteiger partial charge in [0.2, 0.25) is 5.91 Å². The molecule has 0 bridgehead atoms. The summed E-state index contributed by atoms with van der Waals surface area (Å²) < 4.78 is 51.9. The van der Waals surface area contributed by atoms with Crippen LogP contribution in [-0.2, 0) is 24.1 Å². The van der Waals surface area contributed by atoms with Crippen molar-refractivity contribution < 1.29 is 27.4 Å². The molecule has 1 N–H and O–H groups in total. The number of nitrogens with one attached hydrogen (secondary N) is 1. The number of amides is 1. The fourth-order valence-corrected chi connectivity index (χ4v) is 3.92. The molecule has 0 aliphatic carbocycles. The molecule has 182 valence electrons. The highest BCUT2D eigenvalue weighted by Gasteiger charge is 2.30. The number of hydrogen-bond donors (Lipinski definition) is 1. The van der Waals surface area contributed by atoms with Crippen molar-refractivity contribution in [2.45, 2.75) is 45.3 Å². The molecule has 0 saturated heterocycles. The summed E-state index contributed by atoms with van der Waals surface area (Å²) in [5, 5.41) is 11.3. The largest absolute Gasteiger partial charge is 0.490 e. The number of alkyl halides is 3. The molecule has 3 aromatic rings. The monoisotopic (exact) mass is 494 g/mol. The summed E-state index contributed by atoms with van der Waals surface area (Å²) in [7, 11) is 0. The van der Waals surface area contributed by atoms with E-state index in [0.29, 0.717) is 35.6 Å². The summed E-state index contributed by atoms with van der Waals surface area (Å²) in [6.45, 7) is 6.99. The third kappa shape index (κ3) is 6.66. The van der Waals surface area contributed by atoms with Crippen LogP contribution < -0.4 is 14.8 Å². The molecule has 0 aliphatic heterocycles. The van der Waals surface area contributed by atoms with E-state index in [1.807, 2.05) is 43.5 Å². The van der Waals surface area contributed by atoms with Crippen LogP contribution in [0.1, 0.15) is 30.8 Å². The van der Waals surface area contributed by atoms with Gasteiger partial charge in [0.1, 0.15) is 6.61 Å². The summed E-state index contributed by atoms with van der Waals surface area (Å²) in [6, 6.07) is 10.2. The van der Waals surface area contributed by atoms with Crippen molar-refractivity contribution in [3.05, 3.63) is 59.4 Å². The number of aryl methyl sites for hydroxylation is 1. The second-order valence-electron chi connectivity index (χ2n) is 7.23. The van der Waals surface area contributed by atoms with Gasteiger partial charge in [0.15, 0.2) is 22.5 Å². The van der Waals surface area contributed by atoms with Gasteiger partial charge in [-0.05, 0) is 56.7 Å². The number of carbonyl (C=O) groups is 1. The summed E-state index contributed by atoms with van der Waals surface area (Å²) in [4.78, 5) is 12.3. The Morgan fingerprint density at radius 3 is 2.59 bits per heavy atom. The minimum absolute atomic E-state index is 0.0400. The van der Waals surface area contributed by atoms with E-state index in [9.17, 15) is 18.0 Å². The highest BCUT2D eigenvalue weighted by atomic mass is 32.2. The van der Waals surface area contributed by atoms with E-state index in [2.05, 4.69) is 15.5 Å². The zero-order valence-electron chi connectivity index (χ0n) is 19.0. The Balaban J connectivity index is 1.61. The van der Waals surface area contributed by atoms with E-state index in [0.717, 1.165) is 29.5 Å². The maximum Gasteiger partial charge on any atom is 0.416 e. The predicted octanol–water partition coefficient (Wildman–Crippen LogP) is 5.33. The highest BCUT2D eigenvalue weighted by Crippen LogP contribution is 2.31. The molecule has 7 nitrogen and oxygen atoms in total. The Hall–Kier alpha value is -3.21. The van der Waals surface area contributed by atoms with Crippen LogP contribution >= 0.6 is 11.8 Å². The summed E-state index contributed by atoms with van der Waals surface area (Å²) in [5.41, 5.74) is 0.304. The number of ether oxygens (including phenoxy) is 2. The molecule has 0 unspecified atom stereocenters. The average molecular weight is 495 g/mol. The van der Waals surface area contributed by atoms with Crippen LogP contribution in [0.3, 0.4) is 0 Å². The number of carbonyl (C=O) groups excluding carboxylic acids is 1. The summed E-state index contributed by atoms with van der Waals surface area (Å²) >= 11 is 1.14. The standard InChI is InChI=1S/C23H25F3N4O3S/c1-4-30-20(13-33-18-10-9-15(3)11-19(18)32-5-2)28-29-22(30)34-14-21(31)27-17-8-6-7-16(12-17)23(24,25)26/h6-12H,4-5,13-14H2,1-3H3,(H,27,31). The van der Waals surface area contributed by atoms with Gasteiger partial charge in [0.25, 0.3) is 0 Å². The number of thioether (sulfide) groups is 1. The molecule has 0 aliphatic rings. The van der Waals surface area contributed by atoms with Gasteiger partial charge >= 0.3 is 6.18 Å². The molecule has 1 aromatic heterocycles. The number of halogens is 3. The lowest BCUT2D eigenvalue weighted by molar-refractivity contribution is -0.137. The van der Waals surface area contributed by atoms with E-state index >= 15 is 0 Å². The average Bonchev–Trinajstić information content (AvgIpc) is 3.19. The van der Waals surface area contributed by atoms with Crippen molar-refractivity contribution in [1.82, 2.24) is 14.8 Å². The Kier molecular flexibility index (Phi) is 8.43. The minimum atomic E-state index is -4.48. The maximum absolute atomic E-state index is 12.9. The van der Waals surface area contributed by atoms with Gasteiger partial charge in [-0.1, -0.05) is 23.9 Å². The van der Waals surface area contributed by atoms with Gasteiger partial charge in [-0.2, -0.15) is 13.2 Å². The maximum atomic E-state index is 12.9. The first-order chi connectivity index (χ1) is 16.2. The smallest absolute Gasteiger partial charge is 0.416 e. The fraction of sp³-hybridized carbons (Fsp3) is 0.348. The second kappa shape index (κ2) is 11.3. The quantitative estimate of drug-likeness (QED) is 0.384. The molecule has 2 aromatic carbocycles. The lowest BCUT2D eigenvalue weighted by Crippen LogP contribution is -2.15. The third-order valence-corrected chi connectivity index (χ3v) is 5.64. The normalized spacial score (nSPS) is 11.4. The molecule has 0 spiro atoms. The molecule has 0 radical (unpaired) electrons. The second-order valence-corrected chi connectivity index (χ2v) is 8.17. The van der Waals surface area contributed by atoms with E-state index in [1.165, 1.54) is 12.1 Å². The minimum Gasteiger partial charge on any atom is -0.490 e. The van der Waals surface area contributed by atoms with Gasteiger partial charge in [0, 0.05) is 12.2 Å². The van der Waals surface area contributed by atoms with Crippen LogP contribution in [0, 0.1) is 6.92 Å². The first kappa shape index (κ1) is 25.4. The Morgan fingerprint density at radius 1 is 1.09 bits per heavy atom. The van der Waals surface area contributed by atoms with Crippen LogP contribution in [-0.4, -0.2) is 33.0 Å². The van der Waals surface area contributed by atoms with Crippen molar-refractivity contribution in [3.63, 3.8) is 0 Å². The zero-order chi connectivity index (χ0) is 24.7. The molecule has 3 rings (SSSR count). The lowest BCUT2D eigenvalue weighted by atomic mass is 10.2. The van der Waals surface area contributed by atoms with Gasteiger partial charge < -0.3 is 19.4 Å². The molecule has 0 atom stereocenters. The Labute approximate surface area is 199 Å². The molecule has 11 heteroatoms. The summed E-state index contributed by atoms with van der Waals surface area (Å²) in [6.07, 6.45) is -4.48. The molecule has 34 heavy (non-hydrogen) atoms. The van der Waals surface area contributed by atoms with Crippen molar-refractivity contribution >= 4 is 23.4 Å². The topological polar surface area (TPSA) is 78.3 Å². The van der Waals surface area contributed by atoms with Crippen LogP contribution in [0.5, 0.6) is 11.5 Å². The van der Waals surface area contributed by atoms with E-state index < -0.39 is 17.6 Å².